The molecule has 0 saturated heterocycles. The van der Waals surface area contributed by atoms with E-state index in [-0.39, 0.29) is 11.5 Å². The molecule has 2 N–H and O–H groups in total. The second-order valence-corrected chi connectivity index (χ2v) is 4.15. The van der Waals surface area contributed by atoms with Crippen molar-refractivity contribution >= 4 is 11.4 Å². The molecular weight excluding hydrogens is 234 g/mol. The molecule has 0 amide bonds. The van der Waals surface area contributed by atoms with E-state index in [4.69, 9.17) is 5.73 Å². The maximum Gasteiger partial charge on any atom is 0.151 e. The molecular formula is C14H14F2N2. The van der Waals surface area contributed by atoms with E-state index in [0.29, 0.717) is 12.1 Å². The highest BCUT2D eigenvalue weighted by Crippen LogP contribution is 2.20. The fourth-order valence-corrected chi connectivity index (χ4v) is 1.76. The van der Waals surface area contributed by atoms with Gasteiger partial charge in [0.15, 0.2) is 5.82 Å². The average Bonchev–Trinajstić information content (AvgIpc) is 2.36. The van der Waals surface area contributed by atoms with Crippen molar-refractivity contribution in [2.45, 2.75) is 6.54 Å². The zero-order valence-corrected chi connectivity index (χ0v) is 10.0. The van der Waals surface area contributed by atoms with Crippen molar-refractivity contribution in [3.8, 4) is 0 Å². The Bertz CT molecular complexity index is 538. The molecule has 0 aliphatic rings. The molecule has 0 heterocycles. The SMILES string of the molecule is CN(Cc1cccc(N)c1F)c1ccc(F)cc1. The van der Waals surface area contributed by atoms with Crippen molar-refractivity contribution in [3.63, 3.8) is 0 Å². The standard InChI is InChI=1S/C14H14F2N2/c1-18(12-7-5-11(15)6-8-12)9-10-3-2-4-13(17)14(10)16/h2-8H,9,17H2,1H3. The van der Waals surface area contributed by atoms with E-state index in [9.17, 15) is 8.78 Å². The minimum atomic E-state index is -0.397. The number of nitrogens with zero attached hydrogens (tertiary/aromatic N) is 1. The van der Waals surface area contributed by atoms with Gasteiger partial charge in [-0.25, -0.2) is 8.78 Å². The Morgan fingerprint density at radius 1 is 1.06 bits per heavy atom. The first-order valence-electron chi connectivity index (χ1n) is 5.57. The van der Waals surface area contributed by atoms with Gasteiger partial charge < -0.3 is 10.6 Å². The van der Waals surface area contributed by atoms with Gasteiger partial charge in [-0.05, 0) is 30.3 Å². The van der Waals surface area contributed by atoms with Crippen LogP contribution in [-0.2, 0) is 6.54 Å². The third-order valence-corrected chi connectivity index (χ3v) is 2.78. The first kappa shape index (κ1) is 12.4. The van der Waals surface area contributed by atoms with Gasteiger partial charge in [-0.3, -0.25) is 0 Å². The Kier molecular flexibility index (Phi) is 3.46. The highest BCUT2D eigenvalue weighted by molar-refractivity contribution is 5.48. The third kappa shape index (κ3) is 2.59. The molecule has 0 radical (unpaired) electrons. The Hall–Kier alpha value is -2.10. The lowest BCUT2D eigenvalue weighted by atomic mass is 10.1. The summed E-state index contributed by atoms with van der Waals surface area (Å²) in [6.45, 7) is 0.377. The van der Waals surface area contributed by atoms with Gasteiger partial charge in [0.05, 0.1) is 5.69 Å². The summed E-state index contributed by atoms with van der Waals surface area (Å²) in [5, 5.41) is 0. The number of halogens is 2. The van der Waals surface area contributed by atoms with Crippen molar-refractivity contribution in [2.75, 3.05) is 17.7 Å². The Morgan fingerprint density at radius 3 is 2.39 bits per heavy atom. The summed E-state index contributed by atoms with van der Waals surface area (Å²) in [5.41, 5.74) is 6.98. The summed E-state index contributed by atoms with van der Waals surface area (Å²) in [6, 6.07) is 11.0. The van der Waals surface area contributed by atoms with Crippen LogP contribution in [0.5, 0.6) is 0 Å². The summed E-state index contributed by atoms with van der Waals surface area (Å²) in [5.74, 6) is -0.686. The van der Waals surface area contributed by atoms with Crippen molar-refractivity contribution in [2.24, 2.45) is 0 Å². The second-order valence-electron chi connectivity index (χ2n) is 4.15. The molecule has 0 atom stereocenters. The molecule has 0 unspecified atom stereocenters. The topological polar surface area (TPSA) is 29.3 Å². The van der Waals surface area contributed by atoms with Crippen LogP contribution in [0.1, 0.15) is 5.56 Å². The molecule has 2 nitrogen and oxygen atoms in total. The van der Waals surface area contributed by atoms with Crippen molar-refractivity contribution in [1.82, 2.24) is 0 Å². The van der Waals surface area contributed by atoms with Crippen LogP contribution in [0.4, 0.5) is 20.2 Å². The number of hydrogen-bond acceptors (Lipinski definition) is 2. The predicted molar refractivity (Wildman–Crippen MR) is 69.3 cm³/mol. The maximum absolute atomic E-state index is 13.7. The highest BCUT2D eigenvalue weighted by Gasteiger charge is 2.08. The van der Waals surface area contributed by atoms with Gasteiger partial charge in [0.25, 0.3) is 0 Å². The molecule has 2 aromatic carbocycles. The zero-order valence-electron chi connectivity index (χ0n) is 10.0. The van der Waals surface area contributed by atoms with E-state index in [0.717, 1.165) is 5.69 Å². The van der Waals surface area contributed by atoms with Gasteiger partial charge in [-0.15, -0.1) is 0 Å². The number of anilines is 2. The largest absolute Gasteiger partial charge is 0.396 e. The molecule has 94 valence electrons. The number of hydrogen-bond donors (Lipinski definition) is 1. The minimum absolute atomic E-state index is 0.139. The molecule has 2 aromatic rings. The van der Waals surface area contributed by atoms with Gasteiger partial charge in [0, 0.05) is 24.8 Å². The van der Waals surface area contributed by atoms with Crippen LogP contribution in [0, 0.1) is 11.6 Å². The van der Waals surface area contributed by atoms with Crippen LogP contribution in [0.2, 0.25) is 0 Å². The Labute approximate surface area is 105 Å². The molecule has 0 aliphatic carbocycles. The zero-order chi connectivity index (χ0) is 13.1. The molecule has 18 heavy (non-hydrogen) atoms. The summed E-state index contributed by atoms with van der Waals surface area (Å²) >= 11 is 0. The monoisotopic (exact) mass is 248 g/mol. The molecule has 0 bridgehead atoms. The molecule has 0 aliphatic heterocycles. The van der Waals surface area contributed by atoms with E-state index in [2.05, 4.69) is 0 Å². The van der Waals surface area contributed by atoms with Crippen molar-refractivity contribution in [3.05, 3.63) is 59.7 Å². The lowest BCUT2D eigenvalue weighted by Crippen LogP contribution is -2.17. The van der Waals surface area contributed by atoms with Crippen LogP contribution in [0.15, 0.2) is 42.5 Å². The number of nitrogen functional groups attached to an aromatic ring is 1. The number of nitrogens with two attached hydrogens (primary N) is 1. The molecule has 2 rings (SSSR count). The van der Waals surface area contributed by atoms with Crippen LogP contribution in [0.25, 0.3) is 0 Å². The van der Waals surface area contributed by atoms with Crippen LogP contribution < -0.4 is 10.6 Å². The number of benzene rings is 2. The van der Waals surface area contributed by atoms with Gasteiger partial charge in [-0.2, -0.15) is 0 Å². The Morgan fingerprint density at radius 2 is 1.72 bits per heavy atom. The fourth-order valence-electron chi connectivity index (χ4n) is 1.76. The Balaban J connectivity index is 2.18. The van der Waals surface area contributed by atoms with Gasteiger partial charge in [-0.1, -0.05) is 12.1 Å². The average molecular weight is 248 g/mol. The van der Waals surface area contributed by atoms with E-state index >= 15 is 0 Å². The molecule has 0 spiro atoms. The summed E-state index contributed by atoms with van der Waals surface area (Å²) in [7, 11) is 1.82. The third-order valence-electron chi connectivity index (χ3n) is 2.78. The van der Waals surface area contributed by atoms with Crippen molar-refractivity contribution in [1.29, 1.82) is 0 Å². The van der Waals surface area contributed by atoms with Crippen LogP contribution in [-0.4, -0.2) is 7.05 Å². The quantitative estimate of drug-likeness (QED) is 0.845. The molecule has 0 fully saturated rings. The van der Waals surface area contributed by atoms with Crippen LogP contribution in [0.3, 0.4) is 0 Å². The maximum atomic E-state index is 13.7. The van der Waals surface area contributed by atoms with Gasteiger partial charge in [0.2, 0.25) is 0 Å². The first-order valence-corrected chi connectivity index (χ1v) is 5.57. The summed E-state index contributed by atoms with van der Waals surface area (Å²) in [6.07, 6.45) is 0. The smallest absolute Gasteiger partial charge is 0.151 e. The van der Waals surface area contributed by atoms with Gasteiger partial charge >= 0.3 is 0 Å². The lowest BCUT2D eigenvalue weighted by molar-refractivity contribution is 0.612. The van der Waals surface area contributed by atoms with E-state index < -0.39 is 5.82 Å². The van der Waals surface area contributed by atoms with E-state index in [1.165, 1.54) is 18.2 Å². The van der Waals surface area contributed by atoms with Crippen molar-refractivity contribution < 1.29 is 8.78 Å². The molecule has 0 saturated carbocycles. The predicted octanol–water partition coefficient (Wildman–Crippen LogP) is 3.18. The second kappa shape index (κ2) is 5.04. The lowest BCUT2D eigenvalue weighted by Gasteiger charge is -2.20. The highest BCUT2D eigenvalue weighted by atomic mass is 19.1. The first-order chi connectivity index (χ1) is 8.58. The van der Waals surface area contributed by atoms with Crippen LogP contribution >= 0.6 is 0 Å². The van der Waals surface area contributed by atoms with E-state index in [1.807, 2.05) is 11.9 Å². The summed E-state index contributed by atoms with van der Waals surface area (Å²) < 4.78 is 26.5. The normalized spacial score (nSPS) is 10.4. The fraction of sp³-hybridized carbons (Fsp3) is 0.143. The summed E-state index contributed by atoms with van der Waals surface area (Å²) in [4.78, 5) is 1.83. The van der Waals surface area contributed by atoms with Gasteiger partial charge in [0.1, 0.15) is 5.82 Å². The minimum Gasteiger partial charge on any atom is -0.396 e. The number of rotatable bonds is 3. The molecule has 0 aromatic heterocycles. The van der Waals surface area contributed by atoms with E-state index in [1.54, 1.807) is 24.3 Å². The molecule has 4 heteroatoms.